The lowest BCUT2D eigenvalue weighted by Gasteiger charge is -2.32. The molecule has 5 heteroatoms. The average Bonchev–Trinajstić information content (AvgIpc) is 2.82. The number of nitrogens with zero attached hydrogens (tertiary/aromatic N) is 1. The number of nitrogens with one attached hydrogen (secondary N) is 1. The number of ether oxygens (including phenoxy) is 1. The van der Waals surface area contributed by atoms with Gasteiger partial charge in [0, 0.05) is 12.2 Å². The number of hydrogen-bond donors (Lipinski definition) is 1. The molecule has 4 rings (SSSR count). The maximum Gasteiger partial charge on any atom is 0.254 e. The molecule has 1 heterocycles. The summed E-state index contributed by atoms with van der Waals surface area (Å²) in [5.74, 6) is 0.379. The molecule has 0 unspecified atom stereocenters. The molecule has 3 aromatic rings. The summed E-state index contributed by atoms with van der Waals surface area (Å²) in [6, 6.07) is 24.1. The Labute approximate surface area is 182 Å². The minimum Gasteiger partial charge on any atom is -0.497 e. The molecule has 0 aromatic heterocycles. The highest BCUT2D eigenvalue weighted by molar-refractivity contribution is 6.00. The van der Waals surface area contributed by atoms with E-state index in [4.69, 9.17) is 4.74 Å². The van der Waals surface area contributed by atoms with E-state index in [-0.39, 0.29) is 18.2 Å². The first-order valence-corrected chi connectivity index (χ1v) is 10.5. The molecule has 0 radical (unpaired) electrons. The Morgan fingerprint density at radius 3 is 2.58 bits per heavy atom. The Morgan fingerprint density at radius 1 is 1.00 bits per heavy atom. The van der Waals surface area contributed by atoms with Crippen LogP contribution in [-0.4, -0.2) is 25.5 Å². The minimum absolute atomic E-state index is 0.114. The van der Waals surface area contributed by atoms with Crippen LogP contribution in [0.1, 0.15) is 29.2 Å². The summed E-state index contributed by atoms with van der Waals surface area (Å²) in [4.78, 5) is 28.4. The lowest BCUT2D eigenvalue weighted by atomic mass is 9.99. The fraction of sp³-hybridized carbons (Fsp3) is 0.231. The number of hydrogen-bond acceptors (Lipinski definition) is 3. The third-order valence-electron chi connectivity index (χ3n) is 5.56. The Bertz CT molecular complexity index is 1070. The summed E-state index contributed by atoms with van der Waals surface area (Å²) in [6.45, 7) is 0.644. The van der Waals surface area contributed by atoms with E-state index in [1.54, 1.807) is 7.11 Å². The maximum absolute atomic E-state index is 13.6. The molecule has 1 N–H and O–H groups in total. The van der Waals surface area contributed by atoms with Gasteiger partial charge in [0.15, 0.2) is 0 Å². The van der Waals surface area contributed by atoms with E-state index in [9.17, 15) is 9.59 Å². The number of aryl methyl sites for hydroxylation is 1. The van der Waals surface area contributed by atoms with Gasteiger partial charge in [-0.05, 0) is 47.7 Å². The molecule has 0 fully saturated rings. The maximum atomic E-state index is 13.6. The third kappa shape index (κ3) is 4.77. The zero-order chi connectivity index (χ0) is 21.6. The van der Waals surface area contributed by atoms with Crippen LogP contribution in [0.3, 0.4) is 0 Å². The Kier molecular flexibility index (Phi) is 6.32. The molecule has 3 aromatic carbocycles. The second kappa shape index (κ2) is 9.47. The quantitative estimate of drug-likeness (QED) is 0.661. The second-order valence-corrected chi connectivity index (χ2v) is 7.66. The van der Waals surface area contributed by atoms with Gasteiger partial charge in [0.2, 0.25) is 5.91 Å². The number of carbonyl (C=O) groups excluding carboxylic acids is 2. The molecule has 0 saturated heterocycles. The fourth-order valence-electron chi connectivity index (χ4n) is 4.03. The van der Waals surface area contributed by atoms with E-state index in [0.29, 0.717) is 12.3 Å². The van der Waals surface area contributed by atoms with Gasteiger partial charge in [0.05, 0.1) is 13.5 Å². The van der Waals surface area contributed by atoms with Gasteiger partial charge in [-0.3, -0.25) is 9.59 Å². The van der Waals surface area contributed by atoms with Crippen molar-refractivity contribution in [3.05, 3.63) is 95.6 Å². The number of benzene rings is 3. The first-order chi connectivity index (χ1) is 15.2. The molecule has 1 aliphatic rings. The molecular formula is C26H26N2O3. The van der Waals surface area contributed by atoms with Crippen LogP contribution < -0.4 is 15.0 Å². The van der Waals surface area contributed by atoms with Crippen molar-refractivity contribution >= 4 is 17.5 Å². The SMILES string of the molecule is COc1cccc(CC(=O)N[C@H](C(=O)N2CCCc3ccccc32)c2ccccc2)c1. The Hall–Kier alpha value is -3.60. The van der Waals surface area contributed by atoms with Crippen molar-refractivity contribution in [3.63, 3.8) is 0 Å². The predicted octanol–water partition coefficient (Wildman–Crippen LogP) is 4.07. The van der Waals surface area contributed by atoms with E-state index in [2.05, 4.69) is 11.4 Å². The minimum atomic E-state index is -0.745. The standard InChI is InChI=1S/C26H26N2O3/c1-31-22-14-7-9-19(17-22)18-24(29)27-25(21-11-3-2-4-12-21)26(30)28-16-8-13-20-10-5-6-15-23(20)28/h2-7,9-12,14-15,17,25H,8,13,16,18H2,1H3,(H,27,29)/t25-/m0/s1. The van der Waals surface area contributed by atoms with Crippen LogP contribution >= 0.6 is 0 Å². The first-order valence-electron chi connectivity index (χ1n) is 10.5. The van der Waals surface area contributed by atoms with Gasteiger partial charge in [-0.2, -0.15) is 0 Å². The summed E-state index contributed by atoms with van der Waals surface area (Å²) < 4.78 is 5.25. The Balaban J connectivity index is 1.58. The molecule has 158 valence electrons. The van der Waals surface area contributed by atoms with Crippen molar-refractivity contribution in [2.24, 2.45) is 0 Å². The summed E-state index contributed by atoms with van der Waals surface area (Å²) in [5, 5.41) is 2.98. The van der Waals surface area contributed by atoms with Crippen LogP contribution in [-0.2, 0) is 22.4 Å². The Morgan fingerprint density at radius 2 is 1.77 bits per heavy atom. The van der Waals surface area contributed by atoms with Crippen LogP contribution in [0.2, 0.25) is 0 Å². The number of rotatable bonds is 6. The molecular weight excluding hydrogens is 388 g/mol. The third-order valence-corrected chi connectivity index (χ3v) is 5.56. The normalized spacial score (nSPS) is 13.8. The zero-order valence-corrected chi connectivity index (χ0v) is 17.6. The van der Waals surface area contributed by atoms with Gasteiger partial charge in [0.25, 0.3) is 5.91 Å². The second-order valence-electron chi connectivity index (χ2n) is 7.66. The van der Waals surface area contributed by atoms with Gasteiger partial charge in [-0.15, -0.1) is 0 Å². The smallest absolute Gasteiger partial charge is 0.254 e. The largest absolute Gasteiger partial charge is 0.497 e. The molecule has 0 spiro atoms. The molecule has 0 saturated carbocycles. The van der Waals surface area contributed by atoms with Crippen molar-refractivity contribution in [2.75, 3.05) is 18.6 Å². The first kappa shape index (κ1) is 20.7. The van der Waals surface area contributed by atoms with E-state index < -0.39 is 6.04 Å². The number of anilines is 1. The number of para-hydroxylation sites is 1. The summed E-state index contributed by atoms with van der Waals surface area (Å²) >= 11 is 0. The van der Waals surface area contributed by atoms with Crippen molar-refractivity contribution in [3.8, 4) is 5.75 Å². The summed E-state index contributed by atoms with van der Waals surface area (Å²) in [5.41, 5.74) is 3.70. The van der Waals surface area contributed by atoms with Crippen LogP contribution in [0.25, 0.3) is 0 Å². The summed E-state index contributed by atoms with van der Waals surface area (Å²) in [7, 11) is 1.60. The zero-order valence-electron chi connectivity index (χ0n) is 17.6. The van der Waals surface area contributed by atoms with Crippen LogP contribution in [0.15, 0.2) is 78.9 Å². The van der Waals surface area contributed by atoms with Crippen LogP contribution in [0.4, 0.5) is 5.69 Å². The molecule has 1 aliphatic heterocycles. The molecule has 0 bridgehead atoms. The molecule has 31 heavy (non-hydrogen) atoms. The van der Waals surface area contributed by atoms with E-state index in [1.807, 2.05) is 77.7 Å². The van der Waals surface area contributed by atoms with Crippen molar-refractivity contribution in [1.82, 2.24) is 5.32 Å². The number of methoxy groups -OCH3 is 1. The van der Waals surface area contributed by atoms with Crippen molar-refractivity contribution in [2.45, 2.75) is 25.3 Å². The fourth-order valence-corrected chi connectivity index (χ4v) is 4.03. The monoisotopic (exact) mass is 414 g/mol. The average molecular weight is 415 g/mol. The van der Waals surface area contributed by atoms with Gasteiger partial charge in [-0.25, -0.2) is 0 Å². The topological polar surface area (TPSA) is 58.6 Å². The van der Waals surface area contributed by atoms with Crippen LogP contribution in [0.5, 0.6) is 5.75 Å². The highest BCUT2D eigenvalue weighted by Gasteiger charge is 2.30. The number of amides is 2. The molecule has 1 atom stereocenters. The highest BCUT2D eigenvalue weighted by Crippen LogP contribution is 2.29. The van der Waals surface area contributed by atoms with E-state index in [1.165, 1.54) is 0 Å². The van der Waals surface area contributed by atoms with E-state index in [0.717, 1.165) is 35.2 Å². The van der Waals surface area contributed by atoms with E-state index >= 15 is 0 Å². The number of carbonyl (C=O) groups is 2. The predicted molar refractivity (Wildman–Crippen MR) is 121 cm³/mol. The van der Waals surface area contributed by atoms with Crippen molar-refractivity contribution in [1.29, 1.82) is 0 Å². The van der Waals surface area contributed by atoms with Crippen LogP contribution in [0, 0.1) is 0 Å². The molecule has 5 nitrogen and oxygen atoms in total. The highest BCUT2D eigenvalue weighted by atomic mass is 16.5. The van der Waals surface area contributed by atoms with Crippen molar-refractivity contribution < 1.29 is 14.3 Å². The molecule has 2 amide bonds. The molecule has 0 aliphatic carbocycles. The lowest BCUT2D eigenvalue weighted by molar-refractivity contribution is -0.127. The van der Waals surface area contributed by atoms with Gasteiger partial charge in [0.1, 0.15) is 11.8 Å². The van der Waals surface area contributed by atoms with Gasteiger partial charge >= 0.3 is 0 Å². The van der Waals surface area contributed by atoms with Gasteiger partial charge < -0.3 is 15.0 Å². The lowest BCUT2D eigenvalue weighted by Crippen LogP contribution is -2.45. The van der Waals surface area contributed by atoms with Gasteiger partial charge in [-0.1, -0.05) is 60.7 Å². The summed E-state index contributed by atoms with van der Waals surface area (Å²) in [6.07, 6.45) is 2.03. The number of fused-ring (bicyclic) bond motifs is 1.